The SMILES string of the molecule is CCN(CC)S(=O)(=O)c1ccc(C)c(NC(=O)N(C)Cc2ccc(Br)cc2Oc2ccc(F)c(Cl)c2)c1. The highest BCUT2D eigenvalue weighted by Gasteiger charge is 2.23. The average Bonchev–Trinajstić information content (AvgIpc) is 2.84. The number of nitrogens with one attached hydrogen (secondary N) is 1. The van der Waals surface area contributed by atoms with E-state index >= 15 is 0 Å². The Bertz CT molecular complexity index is 1400. The maximum atomic E-state index is 13.5. The summed E-state index contributed by atoms with van der Waals surface area (Å²) in [7, 11) is -2.06. The summed E-state index contributed by atoms with van der Waals surface area (Å²) in [6.07, 6.45) is 0. The van der Waals surface area contributed by atoms with Gasteiger partial charge in [-0.05, 0) is 48.9 Å². The normalized spacial score (nSPS) is 11.5. The molecule has 0 bridgehead atoms. The van der Waals surface area contributed by atoms with Crippen molar-refractivity contribution in [2.24, 2.45) is 0 Å². The van der Waals surface area contributed by atoms with Gasteiger partial charge in [-0.2, -0.15) is 4.31 Å². The Labute approximate surface area is 230 Å². The Morgan fingerprint density at radius 1 is 1.08 bits per heavy atom. The van der Waals surface area contributed by atoms with Crippen molar-refractivity contribution < 1.29 is 22.3 Å². The van der Waals surface area contributed by atoms with Gasteiger partial charge in [-0.25, -0.2) is 17.6 Å². The van der Waals surface area contributed by atoms with Gasteiger partial charge in [0, 0.05) is 41.9 Å². The lowest BCUT2D eigenvalue weighted by Crippen LogP contribution is -2.32. The molecular formula is C26H28BrClFN3O4S. The van der Waals surface area contributed by atoms with E-state index in [1.54, 1.807) is 46.0 Å². The number of sulfonamides is 1. The standard InChI is InChI=1S/C26H28BrClFN3O4S/c1-5-32(6-2)37(34,35)21-11-7-17(3)24(15-21)30-26(33)31(4)16-18-8-9-19(27)13-25(18)36-20-10-12-23(29)22(28)14-20/h7-15H,5-6,16H2,1-4H3,(H,30,33). The quantitative estimate of drug-likeness (QED) is 0.281. The number of carbonyl (C=O) groups excluding carboxylic acids is 1. The number of anilines is 1. The van der Waals surface area contributed by atoms with E-state index in [1.165, 1.54) is 39.5 Å². The molecule has 0 aliphatic rings. The molecule has 0 aliphatic carbocycles. The smallest absolute Gasteiger partial charge is 0.321 e. The summed E-state index contributed by atoms with van der Waals surface area (Å²) in [5, 5.41) is 2.74. The van der Waals surface area contributed by atoms with Crippen molar-refractivity contribution in [2.45, 2.75) is 32.2 Å². The molecule has 198 valence electrons. The van der Waals surface area contributed by atoms with Gasteiger partial charge in [-0.3, -0.25) is 0 Å². The highest BCUT2D eigenvalue weighted by Crippen LogP contribution is 2.32. The molecular weight excluding hydrogens is 585 g/mol. The van der Waals surface area contributed by atoms with Gasteiger partial charge in [-0.15, -0.1) is 0 Å². The van der Waals surface area contributed by atoms with Gasteiger partial charge in [0.1, 0.15) is 17.3 Å². The highest BCUT2D eigenvalue weighted by atomic mass is 79.9. The van der Waals surface area contributed by atoms with Crippen molar-refractivity contribution in [1.29, 1.82) is 0 Å². The summed E-state index contributed by atoms with van der Waals surface area (Å²) in [5.74, 6) is 0.254. The molecule has 0 fully saturated rings. The summed E-state index contributed by atoms with van der Waals surface area (Å²) in [4.78, 5) is 14.6. The number of urea groups is 1. The first-order valence-electron chi connectivity index (χ1n) is 11.5. The van der Waals surface area contributed by atoms with Crippen LogP contribution in [-0.2, 0) is 16.6 Å². The van der Waals surface area contributed by atoms with Crippen molar-refractivity contribution in [3.63, 3.8) is 0 Å². The van der Waals surface area contributed by atoms with Crippen LogP contribution in [0.4, 0.5) is 14.9 Å². The molecule has 3 aromatic rings. The fraction of sp³-hybridized carbons (Fsp3) is 0.269. The lowest BCUT2D eigenvalue weighted by Gasteiger charge is -2.22. The number of carbonyl (C=O) groups is 1. The fourth-order valence-electron chi connectivity index (χ4n) is 3.57. The molecule has 0 aromatic heterocycles. The van der Waals surface area contributed by atoms with Crippen molar-refractivity contribution in [3.8, 4) is 11.5 Å². The Balaban J connectivity index is 1.80. The van der Waals surface area contributed by atoms with E-state index in [-0.39, 0.29) is 16.5 Å². The van der Waals surface area contributed by atoms with Crippen molar-refractivity contribution >= 4 is 49.3 Å². The molecule has 0 saturated heterocycles. The first kappa shape index (κ1) is 28.9. The largest absolute Gasteiger partial charge is 0.457 e. The number of ether oxygens (including phenoxy) is 1. The Hall–Kier alpha value is -2.66. The second-order valence-electron chi connectivity index (χ2n) is 8.28. The van der Waals surface area contributed by atoms with Crippen LogP contribution in [0.25, 0.3) is 0 Å². The molecule has 0 radical (unpaired) electrons. The number of halogens is 3. The molecule has 7 nitrogen and oxygen atoms in total. The number of nitrogens with zero attached hydrogens (tertiary/aromatic N) is 2. The highest BCUT2D eigenvalue weighted by molar-refractivity contribution is 9.10. The molecule has 0 unspecified atom stereocenters. The summed E-state index contributed by atoms with van der Waals surface area (Å²) in [5.41, 5.74) is 1.82. The van der Waals surface area contributed by atoms with Crippen LogP contribution in [0.2, 0.25) is 5.02 Å². The van der Waals surface area contributed by atoms with Crippen LogP contribution in [0.15, 0.2) is 64.0 Å². The molecule has 37 heavy (non-hydrogen) atoms. The van der Waals surface area contributed by atoms with E-state index < -0.39 is 21.9 Å². The first-order valence-corrected chi connectivity index (χ1v) is 14.1. The summed E-state index contributed by atoms with van der Waals surface area (Å²) in [6, 6.07) is 13.7. The summed E-state index contributed by atoms with van der Waals surface area (Å²) < 4.78 is 47.4. The molecule has 0 aliphatic heterocycles. The molecule has 3 rings (SSSR count). The minimum absolute atomic E-state index is 0.0637. The van der Waals surface area contributed by atoms with Gasteiger partial charge in [0.25, 0.3) is 0 Å². The zero-order valence-electron chi connectivity index (χ0n) is 20.9. The molecule has 0 spiro atoms. The Morgan fingerprint density at radius 3 is 2.43 bits per heavy atom. The molecule has 3 aromatic carbocycles. The van der Waals surface area contributed by atoms with Crippen LogP contribution in [-0.4, -0.2) is 43.8 Å². The van der Waals surface area contributed by atoms with Crippen molar-refractivity contribution in [3.05, 3.63) is 81.0 Å². The fourth-order valence-corrected chi connectivity index (χ4v) is 5.56. The average molecular weight is 613 g/mol. The van der Waals surface area contributed by atoms with Crippen LogP contribution in [0.1, 0.15) is 25.0 Å². The second-order valence-corrected chi connectivity index (χ2v) is 11.5. The van der Waals surface area contributed by atoms with Gasteiger partial charge in [0.05, 0.1) is 16.5 Å². The number of amides is 2. The third kappa shape index (κ3) is 7.01. The zero-order valence-corrected chi connectivity index (χ0v) is 24.0. The van der Waals surface area contributed by atoms with Crippen molar-refractivity contribution in [1.82, 2.24) is 9.21 Å². The van der Waals surface area contributed by atoms with Crippen LogP contribution < -0.4 is 10.1 Å². The number of hydrogen-bond donors (Lipinski definition) is 1. The topological polar surface area (TPSA) is 79.0 Å². The van der Waals surface area contributed by atoms with E-state index in [0.29, 0.717) is 35.8 Å². The molecule has 2 amide bonds. The number of hydrogen-bond acceptors (Lipinski definition) is 4. The van der Waals surface area contributed by atoms with E-state index in [0.717, 1.165) is 10.0 Å². The second kappa shape index (κ2) is 12.3. The summed E-state index contributed by atoms with van der Waals surface area (Å²) in [6.45, 7) is 6.21. The molecule has 0 heterocycles. The summed E-state index contributed by atoms with van der Waals surface area (Å²) >= 11 is 9.29. The van der Waals surface area contributed by atoms with E-state index in [4.69, 9.17) is 16.3 Å². The van der Waals surface area contributed by atoms with E-state index in [2.05, 4.69) is 21.2 Å². The minimum Gasteiger partial charge on any atom is -0.457 e. The van der Waals surface area contributed by atoms with Crippen LogP contribution in [0.5, 0.6) is 11.5 Å². The number of aryl methyl sites for hydroxylation is 1. The third-order valence-electron chi connectivity index (χ3n) is 5.70. The van der Waals surface area contributed by atoms with Gasteiger partial charge in [-0.1, -0.05) is 53.5 Å². The number of benzene rings is 3. The predicted octanol–water partition coefficient (Wildman–Crippen LogP) is 7.04. The lowest BCUT2D eigenvalue weighted by molar-refractivity contribution is 0.220. The Morgan fingerprint density at radius 2 is 1.78 bits per heavy atom. The van der Waals surface area contributed by atoms with E-state index in [1.807, 2.05) is 6.07 Å². The van der Waals surface area contributed by atoms with Gasteiger partial charge in [0.15, 0.2) is 0 Å². The molecule has 11 heteroatoms. The predicted molar refractivity (Wildman–Crippen MR) is 147 cm³/mol. The minimum atomic E-state index is -3.68. The molecule has 0 saturated carbocycles. The van der Waals surface area contributed by atoms with Crippen molar-refractivity contribution in [2.75, 3.05) is 25.5 Å². The van der Waals surface area contributed by atoms with Crippen LogP contribution >= 0.6 is 27.5 Å². The van der Waals surface area contributed by atoms with Gasteiger partial charge in [0.2, 0.25) is 10.0 Å². The monoisotopic (exact) mass is 611 g/mol. The van der Waals surface area contributed by atoms with Gasteiger partial charge < -0.3 is 15.0 Å². The number of rotatable bonds is 9. The van der Waals surface area contributed by atoms with Crippen LogP contribution in [0.3, 0.4) is 0 Å². The lowest BCUT2D eigenvalue weighted by atomic mass is 10.2. The third-order valence-corrected chi connectivity index (χ3v) is 8.52. The zero-order chi connectivity index (χ0) is 27.3. The van der Waals surface area contributed by atoms with Crippen LogP contribution in [0, 0.1) is 12.7 Å². The molecule has 0 atom stereocenters. The maximum Gasteiger partial charge on any atom is 0.321 e. The van der Waals surface area contributed by atoms with E-state index in [9.17, 15) is 17.6 Å². The molecule has 1 N–H and O–H groups in total. The first-order chi connectivity index (χ1) is 17.5. The maximum absolute atomic E-state index is 13.5. The van der Waals surface area contributed by atoms with Gasteiger partial charge >= 0.3 is 6.03 Å². The Kier molecular flexibility index (Phi) is 9.57.